The van der Waals surface area contributed by atoms with Crippen molar-refractivity contribution in [1.29, 1.82) is 0 Å². The SMILES string of the molecule is C[C@H](c1ccc(F)cc1)[NH+]1CCN(c2ccc(O)cc2)CC1. The van der Waals surface area contributed by atoms with E-state index in [0.717, 1.165) is 31.9 Å². The van der Waals surface area contributed by atoms with Crippen molar-refractivity contribution in [1.82, 2.24) is 0 Å². The van der Waals surface area contributed by atoms with E-state index in [4.69, 9.17) is 0 Å². The van der Waals surface area contributed by atoms with E-state index in [1.165, 1.54) is 22.6 Å². The first-order chi connectivity index (χ1) is 10.6. The average Bonchev–Trinajstić information content (AvgIpc) is 2.56. The molecule has 1 fully saturated rings. The number of halogens is 1. The summed E-state index contributed by atoms with van der Waals surface area (Å²) in [6.07, 6.45) is 0. The molecule has 0 spiro atoms. The molecule has 116 valence electrons. The van der Waals surface area contributed by atoms with Gasteiger partial charge in [0.05, 0.1) is 26.2 Å². The lowest BCUT2D eigenvalue weighted by Gasteiger charge is -2.36. The molecule has 22 heavy (non-hydrogen) atoms. The Morgan fingerprint density at radius 1 is 1.00 bits per heavy atom. The fraction of sp³-hybridized carbons (Fsp3) is 0.333. The third kappa shape index (κ3) is 3.22. The quantitative estimate of drug-likeness (QED) is 0.907. The van der Waals surface area contributed by atoms with Crippen LogP contribution in [0.15, 0.2) is 48.5 Å². The van der Waals surface area contributed by atoms with Crippen LogP contribution in [0.25, 0.3) is 0 Å². The molecule has 1 atom stereocenters. The minimum Gasteiger partial charge on any atom is -0.508 e. The minimum atomic E-state index is -0.178. The summed E-state index contributed by atoms with van der Waals surface area (Å²) in [4.78, 5) is 3.88. The first-order valence-corrected chi connectivity index (χ1v) is 7.77. The van der Waals surface area contributed by atoms with Crippen LogP contribution in [0, 0.1) is 5.82 Å². The van der Waals surface area contributed by atoms with E-state index < -0.39 is 0 Å². The number of benzene rings is 2. The molecule has 0 aliphatic carbocycles. The summed E-state index contributed by atoms with van der Waals surface area (Å²) in [7, 11) is 0. The lowest BCUT2D eigenvalue weighted by atomic mass is 10.1. The van der Waals surface area contributed by atoms with Crippen LogP contribution < -0.4 is 9.80 Å². The Hall–Kier alpha value is -2.07. The highest BCUT2D eigenvalue weighted by atomic mass is 19.1. The highest BCUT2D eigenvalue weighted by molar-refractivity contribution is 5.48. The molecule has 2 aromatic rings. The number of aromatic hydroxyl groups is 1. The molecule has 0 aromatic heterocycles. The molecule has 0 unspecified atom stereocenters. The number of phenols is 1. The van der Waals surface area contributed by atoms with Crippen LogP contribution in [0.1, 0.15) is 18.5 Å². The van der Waals surface area contributed by atoms with Gasteiger partial charge in [-0.05, 0) is 43.3 Å². The molecule has 1 heterocycles. The Morgan fingerprint density at radius 3 is 2.18 bits per heavy atom. The average molecular weight is 301 g/mol. The fourth-order valence-corrected chi connectivity index (χ4v) is 3.14. The standard InChI is InChI=1S/C18H21FN2O/c1-14(15-2-4-16(19)5-3-15)20-10-12-21(13-11-20)17-6-8-18(22)9-7-17/h2-9,14,22H,10-13H2,1H3/p+1/t14-/m1/s1. The lowest BCUT2D eigenvalue weighted by molar-refractivity contribution is -0.930. The number of hydrogen-bond donors (Lipinski definition) is 2. The first kappa shape index (κ1) is 14.9. The van der Waals surface area contributed by atoms with Crippen molar-refractivity contribution in [2.24, 2.45) is 0 Å². The molecular formula is C18H22FN2O+. The smallest absolute Gasteiger partial charge is 0.123 e. The molecular weight excluding hydrogens is 279 g/mol. The first-order valence-electron chi connectivity index (χ1n) is 7.77. The summed E-state index contributed by atoms with van der Waals surface area (Å²) < 4.78 is 13.0. The third-order valence-corrected chi connectivity index (χ3v) is 4.60. The molecule has 1 saturated heterocycles. The largest absolute Gasteiger partial charge is 0.508 e. The number of quaternary nitrogens is 1. The van der Waals surface area contributed by atoms with Crippen molar-refractivity contribution in [3.8, 4) is 5.75 Å². The molecule has 0 amide bonds. The molecule has 1 aliphatic heterocycles. The van der Waals surface area contributed by atoms with Crippen molar-refractivity contribution < 1.29 is 14.4 Å². The van der Waals surface area contributed by atoms with Gasteiger partial charge in [0.25, 0.3) is 0 Å². The molecule has 2 N–H and O–H groups in total. The van der Waals surface area contributed by atoms with Crippen LogP contribution in [-0.4, -0.2) is 31.3 Å². The normalized spacial score (nSPS) is 17.5. The van der Waals surface area contributed by atoms with Crippen LogP contribution in [0.5, 0.6) is 5.75 Å². The van der Waals surface area contributed by atoms with Crippen molar-refractivity contribution in [2.75, 3.05) is 31.1 Å². The summed E-state index contributed by atoms with van der Waals surface area (Å²) in [6, 6.07) is 14.6. The van der Waals surface area contributed by atoms with E-state index in [1.807, 2.05) is 24.3 Å². The van der Waals surface area contributed by atoms with Gasteiger partial charge < -0.3 is 14.9 Å². The summed E-state index contributed by atoms with van der Waals surface area (Å²) >= 11 is 0. The van der Waals surface area contributed by atoms with Crippen molar-refractivity contribution >= 4 is 5.69 Å². The number of rotatable bonds is 3. The van der Waals surface area contributed by atoms with E-state index >= 15 is 0 Å². The van der Waals surface area contributed by atoms with E-state index in [2.05, 4.69) is 11.8 Å². The van der Waals surface area contributed by atoms with Crippen LogP contribution in [0.4, 0.5) is 10.1 Å². The third-order valence-electron chi connectivity index (χ3n) is 4.60. The Morgan fingerprint density at radius 2 is 1.59 bits per heavy atom. The van der Waals surface area contributed by atoms with Gasteiger partial charge in [0.1, 0.15) is 17.6 Å². The molecule has 3 nitrogen and oxygen atoms in total. The highest BCUT2D eigenvalue weighted by Gasteiger charge is 2.25. The predicted octanol–water partition coefficient (Wildman–Crippen LogP) is 2.00. The maximum atomic E-state index is 13.0. The van der Waals surface area contributed by atoms with Gasteiger partial charge in [-0.2, -0.15) is 0 Å². The molecule has 0 saturated carbocycles. The lowest BCUT2D eigenvalue weighted by Crippen LogP contribution is -3.14. The number of nitrogens with zero attached hydrogens (tertiary/aromatic N) is 1. The maximum Gasteiger partial charge on any atom is 0.123 e. The summed E-state index contributed by atoms with van der Waals surface area (Å²) in [5, 5.41) is 9.37. The zero-order chi connectivity index (χ0) is 15.5. The maximum absolute atomic E-state index is 13.0. The summed E-state index contributed by atoms with van der Waals surface area (Å²) in [5.41, 5.74) is 2.35. The van der Waals surface area contributed by atoms with Gasteiger partial charge in [0.2, 0.25) is 0 Å². The second-order valence-corrected chi connectivity index (χ2v) is 5.93. The van der Waals surface area contributed by atoms with Gasteiger partial charge in [-0.25, -0.2) is 4.39 Å². The molecule has 1 aliphatic rings. The minimum absolute atomic E-state index is 0.178. The van der Waals surface area contributed by atoms with Crippen LogP contribution in [-0.2, 0) is 0 Å². The number of piperazine rings is 1. The number of anilines is 1. The summed E-state index contributed by atoms with van der Waals surface area (Å²) in [6.45, 7) is 6.30. The van der Waals surface area contributed by atoms with Crippen molar-refractivity contribution in [2.45, 2.75) is 13.0 Å². The molecule has 0 radical (unpaired) electrons. The van der Waals surface area contributed by atoms with Gasteiger partial charge in [-0.15, -0.1) is 0 Å². The number of nitrogens with one attached hydrogen (secondary N) is 1. The highest BCUT2D eigenvalue weighted by Crippen LogP contribution is 2.18. The number of phenolic OH excluding ortho intramolecular Hbond substituents is 1. The zero-order valence-electron chi connectivity index (χ0n) is 12.8. The van der Waals surface area contributed by atoms with Crippen molar-refractivity contribution in [3.63, 3.8) is 0 Å². The number of hydrogen-bond acceptors (Lipinski definition) is 2. The topological polar surface area (TPSA) is 27.9 Å². The van der Waals surface area contributed by atoms with E-state index in [1.54, 1.807) is 12.1 Å². The second kappa shape index (κ2) is 6.36. The molecule has 4 heteroatoms. The van der Waals surface area contributed by atoms with Crippen LogP contribution >= 0.6 is 0 Å². The second-order valence-electron chi connectivity index (χ2n) is 5.93. The van der Waals surface area contributed by atoms with E-state index in [0.29, 0.717) is 11.8 Å². The van der Waals surface area contributed by atoms with E-state index in [-0.39, 0.29) is 5.82 Å². The fourth-order valence-electron chi connectivity index (χ4n) is 3.14. The Kier molecular flexibility index (Phi) is 4.29. The molecule has 0 bridgehead atoms. The summed E-state index contributed by atoms with van der Waals surface area (Å²) in [5.74, 6) is 0.126. The van der Waals surface area contributed by atoms with E-state index in [9.17, 15) is 9.50 Å². The van der Waals surface area contributed by atoms with Crippen molar-refractivity contribution in [3.05, 3.63) is 59.9 Å². The van der Waals surface area contributed by atoms with Gasteiger partial charge in [-0.1, -0.05) is 12.1 Å². The van der Waals surface area contributed by atoms with Crippen LogP contribution in [0.2, 0.25) is 0 Å². The Balaban J connectivity index is 1.61. The molecule has 3 rings (SSSR count). The van der Waals surface area contributed by atoms with Gasteiger partial charge in [-0.3, -0.25) is 0 Å². The monoisotopic (exact) mass is 301 g/mol. The predicted molar refractivity (Wildman–Crippen MR) is 85.8 cm³/mol. The van der Waals surface area contributed by atoms with Gasteiger partial charge in [0, 0.05) is 11.3 Å². The zero-order valence-corrected chi connectivity index (χ0v) is 12.8. The Bertz CT molecular complexity index is 604. The van der Waals surface area contributed by atoms with Gasteiger partial charge in [0.15, 0.2) is 0 Å². The van der Waals surface area contributed by atoms with Gasteiger partial charge >= 0.3 is 0 Å². The Labute approximate surface area is 130 Å². The molecule has 2 aromatic carbocycles. The van der Waals surface area contributed by atoms with Crippen LogP contribution in [0.3, 0.4) is 0 Å².